The Balaban J connectivity index is 2.15. The van der Waals surface area contributed by atoms with E-state index in [1.54, 1.807) is 0 Å². The van der Waals surface area contributed by atoms with E-state index in [-0.39, 0.29) is 0 Å². The Morgan fingerprint density at radius 1 is 1.43 bits per heavy atom. The van der Waals surface area contributed by atoms with E-state index in [2.05, 4.69) is 38.3 Å². The van der Waals surface area contributed by atoms with Crippen LogP contribution in [0.25, 0.3) is 0 Å². The van der Waals surface area contributed by atoms with Crippen molar-refractivity contribution in [2.75, 3.05) is 6.54 Å². The molecule has 0 aromatic heterocycles. The molecule has 0 bridgehead atoms. The second kappa shape index (κ2) is 4.96. The topological polar surface area (TPSA) is 24.1 Å². The molecule has 1 saturated carbocycles. The van der Waals surface area contributed by atoms with E-state index >= 15 is 0 Å². The average Bonchev–Trinajstić information content (AvgIpc) is 2.14. The van der Waals surface area contributed by atoms with E-state index in [1.807, 2.05) is 0 Å². The van der Waals surface area contributed by atoms with Crippen LogP contribution in [-0.2, 0) is 0 Å². The SMILES string of the molecule is CC(C)CNC(=S)NC1CC(C)C1C. The zero-order valence-corrected chi connectivity index (χ0v) is 10.4. The van der Waals surface area contributed by atoms with E-state index in [0.29, 0.717) is 12.0 Å². The van der Waals surface area contributed by atoms with Crippen LogP contribution in [-0.4, -0.2) is 17.7 Å². The highest BCUT2D eigenvalue weighted by Crippen LogP contribution is 2.33. The summed E-state index contributed by atoms with van der Waals surface area (Å²) in [6.45, 7) is 9.92. The third-order valence-corrected chi connectivity index (χ3v) is 3.41. The molecule has 0 aliphatic heterocycles. The van der Waals surface area contributed by atoms with Crippen LogP contribution in [0.3, 0.4) is 0 Å². The minimum atomic E-state index is 0.595. The summed E-state index contributed by atoms with van der Waals surface area (Å²) < 4.78 is 0. The molecule has 0 aromatic rings. The molecule has 3 heteroatoms. The van der Waals surface area contributed by atoms with Gasteiger partial charge in [0.1, 0.15) is 0 Å². The molecule has 82 valence electrons. The summed E-state index contributed by atoms with van der Waals surface area (Å²) in [6, 6.07) is 0.595. The van der Waals surface area contributed by atoms with Crippen molar-refractivity contribution >= 4 is 17.3 Å². The maximum Gasteiger partial charge on any atom is 0.166 e. The predicted molar refractivity (Wildman–Crippen MR) is 65.3 cm³/mol. The Bertz CT molecular complexity index is 203. The molecule has 1 fully saturated rings. The van der Waals surface area contributed by atoms with Crippen molar-refractivity contribution in [3.8, 4) is 0 Å². The van der Waals surface area contributed by atoms with Gasteiger partial charge in [0.05, 0.1) is 0 Å². The number of hydrogen-bond acceptors (Lipinski definition) is 1. The first-order valence-electron chi connectivity index (χ1n) is 5.55. The van der Waals surface area contributed by atoms with Gasteiger partial charge < -0.3 is 10.6 Å². The lowest BCUT2D eigenvalue weighted by molar-refractivity contribution is 0.155. The third-order valence-electron chi connectivity index (χ3n) is 3.15. The van der Waals surface area contributed by atoms with E-state index in [0.717, 1.165) is 23.5 Å². The van der Waals surface area contributed by atoms with Crippen LogP contribution in [0.15, 0.2) is 0 Å². The first-order valence-corrected chi connectivity index (χ1v) is 5.96. The highest BCUT2D eigenvalue weighted by Gasteiger charge is 2.34. The van der Waals surface area contributed by atoms with Crippen molar-refractivity contribution in [1.82, 2.24) is 10.6 Å². The lowest BCUT2D eigenvalue weighted by Gasteiger charge is -2.41. The van der Waals surface area contributed by atoms with Gasteiger partial charge in [-0.1, -0.05) is 27.7 Å². The van der Waals surface area contributed by atoms with Gasteiger partial charge in [0.25, 0.3) is 0 Å². The van der Waals surface area contributed by atoms with Crippen molar-refractivity contribution in [2.45, 2.75) is 40.2 Å². The summed E-state index contributed by atoms with van der Waals surface area (Å²) >= 11 is 5.22. The van der Waals surface area contributed by atoms with Crippen molar-refractivity contribution in [3.05, 3.63) is 0 Å². The minimum Gasteiger partial charge on any atom is -0.362 e. The molecule has 1 aliphatic rings. The fourth-order valence-corrected chi connectivity index (χ4v) is 1.97. The van der Waals surface area contributed by atoms with Crippen LogP contribution < -0.4 is 10.6 Å². The second-order valence-electron chi connectivity index (χ2n) is 4.93. The smallest absolute Gasteiger partial charge is 0.166 e. The van der Waals surface area contributed by atoms with Crippen molar-refractivity contribution in [1.29, 1.82) is 0 Å². The number of nitrogens with one attached hydrogen (secondary N) is 2. The molecule has 14 heavy (non-hydrogen) atoms. The first kappa shape index (κ1) is 11.8. The molecule has 2 N–H and O–H groups in total. The lowest BCUT2D eigenvalue weighted by Crippen LogP contribution is -2.53. The zero-order valence-electron chi connectivity index (χ0n) is 9.63. The van der Waals surface area contributed by atoms with Gasteiger partial charge in [0, 0.05) is 12.6 Å². The summed E-state index contributed by atoms with van der Waals surface area (Å²) in [5, 5.41) is 7.43. The largest absolute Gasteiger partial charge is 0.362 e. The maximum atomic E-state index is 5.22. The van der Waals surface area contributed by atoms with Gasteiger partial charge in [0.2, 0.25) is 0 Å². The van der Waals surface area contributed by atoms with Gasteiger partial charge >= 0.3 is 0 Å². The van der Waals surface area contributed by atoms with Gasteiger partial charge in [-0.25, -0.2) is 0 Å². The molecule has 3 atom stereocenters. The molecule has 0 saturated heterocycles. The van der Waals surface area contributed by atoms with Gasteiger partial charge in [-0.2, -0.15) is 0 Å². The van der Waals surface area contributed by atoms with E-state index in [9.17, 15) is 0 Å². The van der Waals surface area contributed by atoms with Gasteiger partial charge in [-0.05, 0) is 36.4 Å². The molecule has 0 radical (unpaired) electrons. The Kier molecular flexibility index (Phi) is 4.17. The highest BCUT2D eigenvalue weighted by atomic mass is 32.1. The molecular formula is C11H22N2S. The van der Waals surface area contributed by atoms with Crippen LogP contribution in [0.1, 0.15) is 34.1 Å². The molecule has 0 heterocycles. The lowest BCUT2D eigenvalue weighted by atomic mass is 9.71. The van der Waals surface area contributed by atoms with Crippen LogP contribution in [0.4, 0.5) is 0 Å². The van der Waals surface area contributed by atoms with Crippen LogP contribution in [0, 0.1) is 17.8 Å². The summed E-state index contributed by atoms with van der Waals surface area (Å²) in [6.07, 6.45) is 1.25. The standard InChI is InChI=1S/C11H22N2S/c1-7(2)6-12-11(14)13-10-5-8(3)9(10)4/h7-10H,5-6H2,1-4H3,(H2,12,13,14). The quantitative estimate of drug-likeness (QED) is 0.704. The maximum absolute atomic E-state index is 5.22. The average molecular weight is 214 g/mol. The van der Waals surface area contributed by atoms with Gasteiger partial charge in [-0.15, -0.1) is 0 Å². The summed E-state index contributed by atoms with van der Waals surface area (Å²) in [5.74, 6) is 2.25. The molecule has 3 unspecified atom stereocenters. The Morgan fingerprint density at radius 3 is 2.50 bits per heavy atom. The summed E-state index contributed by atoms with van der Waals surface area (Å²) in [7, 11) is 0. The zero-order chi connectivity index (χ0) is 10.7. The summed E-state index contributed by atoms with van der Waals surface area (Å²) in [5.41, 5.74) is 0. The van der Waals surface area contributed by atoms with Crippen LogP contribution in [0.2, 0.25) is 0 Å². The third kappa shape index (κ3) is 3.12. The predicted octanol–water partition coefficient (Wildman–Crippen LogP) is 2.15. The van der Waals surface area contributed by atoms with E-state index in [4.69, 9.17) is 12.2 Å². The Labute approximate surface area is 92.8 Å². The fourth-order valence-electron chi connectivity index (χ4n) is 1.74. The minimum absolute atomic E-state index is 0.595. The highest BCUT2D eigenvalue weighted by molar-refractivity contribution is 7.80. The number of thiocarbonyl (C=S) groups is 1. The normalized spacial score (nSPS) is 31.1. The molecule has 1 rings (SSSR count). The molecular weight excluding hydrogens is 192 g/mol. The molecule has 0 aromatic carbocycles. The molecule has 0 amide bonds. The second-order valence-corrected chi connectivity index (χ2v) is 5.34. The van der Waals surface area contributed by atoms with Crippen molar-refractivity contribution in [2.24, 2.45) is 17.8 Å². The monoisotopic (exact) mass is 214 g/mol. The first-order chi connectivity index (χ1) is 6.50. The summed E-state index contributed by atoms with van der Waals surface area (Å²) in [4.78, 5) is 0. The van der Waals surface area contributed by atoms with Crippen LogP contribution in [0.5, 0.6) is 0 Å². The fraction of sp³-hybridized carbons (Fsp3) is 0.909. The Morgan fingerprint density at radius 2 is 2.07 bits per heavy atom. The number of rotatable bonds is 3. The van der Waals surface area contributed by atoms with Gasteiger partial charge in [-0.3, -0.25) is 0 Å². The van der Waals surface area contributed by atoms with E-state index < -0.39 is 0 Å². The molecule has 0 spiro atoms. The molecule has 1 aliphatic carbocycles. The van der Waals surface area contributed by atoms with Crippen molar-refractivity contribution < 1.29 is 0 Å². The van der Waals surface area contributed by atoms with Crippen LogP contribution >= 0.6 is 12.2 Å². The van der Waals surface area contributed by atoms with Crippen molar-refractivity contribution in [3.63, 3.8) is 0 Å². The molecule has 2 nitrogen and oxygen atoms in total. The van der Waals surface area contributed by atoms with E-state index in [1.165, 1.54) is 6.42 Å². The van der Waals surface area contributed by atoms with Gasteiger partial charge in [0.15, 0.2) is 5.11 Å². The number of hydrogen-bond donors (Lipinski definition) is 2. The Hall–Kier alpha value is -0.310.